The van der Waals surface area contributed by atoms with Gasteiger partial charge in [-0.2, -0.15) is 5.26 Å². The van der Waals surface area contributed by atoms with E-state index in [2.05, 4.69) is 34.0 Å². The molecule has 3 aromatic rings. The zero-order valence-corrected chi connectivity index (χ0v) is 16.8. The molecule has 0 atom stereocenters. The average molecular weight is 470 g/mol. The Labute approximate surface area is 170 Å². The van der Waals surface area contributed by atoms with Crippen LogP contribution in [0.4, 0.5) is 5.69 Å². The number of thioether (sulfide) groups is 1. The lowest BCUT2D eigenvalue weighted by atomic mass is 10.2. The minimum Gasteiger partial charge on any atom is -0.321 e. The second-order valence-corrected chi connectivity index (χ2v) is 7.71. The number of nitrogens with zero attached hydrogens (tertiary/aromatic N) is 1. The summed E-state index contributed by atoms with van der Waals surface area (Å²) in [4.78, 5) is 13.6. The van der Waals surface area contributed by atoms with Crippen molar-refractivity contribution in [3.63, 3.8) is 0 Å². The molecule has 3 aromatic carbocycles. The molecule has 0 spiro atoms. The number of carbonyl (C=O) groups is 1. The maximum absolute atomic E-state index is 12.6. The molecular formula is C21H15IN2OS. The van der Waals surface area contributed by atoms with Crippen molar-refractivity contribution in [2.75, 3.05) is 5.32 Å². The highest BCUT2D eigenvalue weighted by Gasteiger charge is 2.12. The molecule has 0 heterocycles. The van der Waals surface area contributed by atoms with Crippen LogP contribution in [0.2, 0.25) is 0 Å². The third kappa shape index (κ3) is 4.65. The first-order valence-electron chi connectivity index (χ1n) is 7.94. The number of nitriles is 1. The van der Waals surface area contributed by atoms with Crippen molar-refractivity contribution in [1.29, 1.82) is 5.26 Å². The summed E-state index contributed by atoms with van der Waals surface area (Å²) < 4.78 is 0.922. The molecule has 3 rings (SSSR count). The number of carbonyl (C=O) groups excluding carboxylic acids is 1. The maximum Gasteiger partial charge on any atom is 0.256 e. The van der Waals surface area contributed by atoms with Crippen molar-refractivity contribution in [3.8, 4) is 6.07 Å². The van der Waals surface area contributed by atoms with Crippen LogP contribution in [0, 0.1) is 14.9 Å². The molecule has 0 aliphatic heterocycles. The van der Waals surface area contributed by atoms with E-state index in [1.807, 2.05) is 72.8 Å². The van der Waals surface area contributed by atoms with Gasteiger partial charge in [-0.25, -0.2) is 0 Å². The van der Waals surface area contributed by atoms with Crippen LogP contribution in [0.25, 0.3) is 0 Å². The van der Waals surface area contributed by atoms with Gasteiger partial charge in [-0.3, -0.25) is 4.79 Å². The summed E-state index contributed by atoms with van der Waals surface area (Å²) in [6, 6.07) is 25.0. The van der Waals surface area contributed by atoms with Crippen molar-refractivity contribution in [2.45, 2.75) is 10.6 Å². The Bertz CT molecular complexity index is 964. The van der Waals surface area contributed by atoms with Crippen LogP contribution < -0.4 is 5.32 Å². The molecular weight excluding hydrogens is 455 g/mol. The van der Waals surface area contributed by atoms with Crippen LogP contribution >= 0.6 is 34.4 Å². The molecule has 3 nitrogen and oxygen atoms in total. The first-order chi connectivity index (χ1) is 12.7. The number of hydrogen-bond acceptors (Lipinski definition) is 3. The van der Waals surface area contributed by atoms with Crippen LogP contribution in [0.15, 0.2) is 77.7 Å². The highest BCUT2D eigenvalue weighted by Crippen LogP contribution is 2.30. The molecule has 1 N–H and O–H groups in total. The van der Waals surface area contributed by atoms with Crippen molar-refractivity contribution < 1.29 is 4.79 Å². The first-order valence-corrected chi connectivity index (χ1v) is 10.0. The Morgan fingerprint density at radius 3 is 2.42 bits per heavy atom. The number of benzene rings is 3. The standard InChI is InChI=1S/C21H15IN2OS/c22-18-6-2-1-5-17(18)21(25)24-19-7-3-4-8-20(19)26-14-16-11-9-15(13-23)10-12-16/h1-12H,14H2,(H,24,25). The van der Waals surface area contributed by atoms with E-state index in [4.69, 9.17) is 5.26 Å². The van der Waals surface area contributed by atoms with Crippen molar-refractivity contribution in [1.82, 2.24) is 0 Å². The summed E-state index contributed by atoms with van der Waals surface area (Å²) in [7, 11) is 0. The smallest absolute Gasteiger partial charge is 0.256 e. The third-order valence-electron chi connectivity index (χ3n) is 3.73. The van der Waals surface area contributed by atoms with Gasteiger partial charge in [-0.1, -0.05) is 36.4 Å². The summed E-state index contributed by atoms with van der Waals surface area (Å²) in [5.41, 5.74) is 3.26. The first kappa shape index (κ1) is 18.5. The molecule has 0 unspecified atom stereocenters. The average Bonchev–Trinajstić information content (AvgIpc) is 2.68. The van der Waals surface area contributed by atoms with E-state index in [1.165, 1.54) is 0 Å². The molecule has 0 aromatic heterocycles. The number of rotatable bonds is 5. The van der Waals surface area contributed by atoms with E-state index in [1.54, 1.807) is 11.8 Å². The molecule has 0 fully saturated rings. The fourth-order valence-corrected chi connectivity index (χ4v) is 3.96. The van der Waals surface area contributed by atoms with Gasteiger partial charge in [0.1, 0.15) is 0 Å². The lowest BCUT2D eigenvalue weighted by Crippen LogP contribution is -2.13. The molecule has 1 amide bonds. The van der Waals surface area contributed by atoms with Gasteiger partial charge in [0.2, 0.25) is 0 Å². The molecule has 0 saturated heterocycles. The SMILES string of the molecule is N#Cc1ccc(CSc2ccccc2NC(=O)c2ccccc2I)cc1. The van der Waals surface area contributed by atoms with Crippen LogP contribution in [0.5, 0.6) is 0 Å². The van der Waals surface area contributed by atoms with E-state index < -0.39 is 0 Å². The number of amides is 1. The van der Waals surface area contributed by atoms with E-state index >= 15 is 0 Å². The maximum atomic E-state index is 12.6. The van der Waals surface area contributed by atoms with Crippen LogP contribution in [0.3, 0.4) is 0 Å². The van der Waals surface area contributed by atoms with Gasteiger partial charge in [-0.15, -0.1) is 11.8 Å². The minimum atomic E-state index is -0.110. The lowest BCUT2D eigenvalue weighted by Gasteiger charge is -2.11. The van der Waals surface area contributed by atoms with E-state index in [9.17, 15) is 4.79 Å². The number of anilines is 1. The second-order valence-electron chi connectivity index (χ2n) is 5.53. The topological polar surface area (TPSA) is 52.9 Å². The fraction of sp³-hybridized carbons (Fsp3) is 0.0476. The number of hydrogen-bond donors (Lipinski definition) is 1. The predicted octanol–water partition coefficient (Wildman–Crippen LogP) is 5.71. The Hall–Kier alpha value is -2.30. The van der Waals surface area contributed by atoms with Crippen LogP contribution in [-0.2, 0) is 5.75 Å². The van der Waals surface area contributed by atoms with Gasteiger partial charge in [0.25, 0.3) is 5.91 Å². The van der Waals surface area contributed by atoms with Crippen molar-refractivity contribution in [2.24, 2.45) is 0 Å². The Kier molecular flexibility index (Phi) is 6.31. The quantitative estimate of drug-likeness (QED) is 0.384. The largest absolute Gasteiger partial charge is 0.321 e. The number of para-hydroxylation sites is 1. The number of halogens is 1. The molecule has 0 bridgehead atoms. The van der Waals surface area contributed by atoms with Gasteiger partial charge in [0.15, 0.2) is 0 Å². The van der Waals surface area contributed by atoms with Gasteiger partial charge < -0.3 is 5.32 Å². The summed E-state index contributed by atoms with van der Waals surface area (Å²) in [6.07, 6.45) is 0. The van der Waals surface area contributed by atoms with Crippen LogP contribution in [-0.4, -0.2) is 5.91 Å². The van der Waals surface area contributed by atoms with Crippen molar-refractivity contribution >= 4 is 45.9 Å². The highest BCUT2D eigenvalue weighted by atomic mass is 127. The van der Waals surface area contributed by atoms with Gasteiger partial charge in [-0.05, 0) is 64.6 Å². The molecule has 0 saturated carbocycles. The van der Waals surface area contributed by atoms with E-state index in [-0.39, 0.29) is 5.91 Å². The van der Waals surface area contributed by atoms with Gasteiger partial charge >= 0.3 is 0 Å². The zero-order chi connectivity index (χ0) is 18.4. The normalized spacial score (nSPS) is 10.2. The molecule has 0 radical (unpaired) electrons. The summed E-state index contributed by atoms with van der Waals surface area (Å²) in [6.45, 7) is 0. The molecule has 0 aliphatic carbocycles. The van der Waals surface area contributed by atoms with E-state index in [0.717, 1.165) is 25.5 Å². The van der Waals surface area contributed by atoms with Crippen LogP contribution in [0.1, 0.15) is 21.5 Å². The minimum absolute atomic E-state index is 0.110. The molecule has 128 valence electrons. The number of nitrogens with one attached hydrogen (secondary N) is 1. The fourth-order valence-electron chi connectivity index (χ4n) is 2.37. The monoisotopic (exact) mass is 470 g/mol. The third-order valence-corrected chi connectivity index (χ3v) is 5.82. The lowest BCUT2D eigenvalue weighted by molar-refractivity contribution is 0.102. The summed E-state index contributed by atoms with van der Waals surface area (Å²) >= 11 is 3.82. The van der Waals surface area contributed by atoms with E-state index in [0.29, 0.717) is 11.1 Å². The Morgan fingerprint density at radius 2 is 1.69 bits per heavy atom. The molecule has 5 heteroatoms. The highest BCUT2D eigenvalue weighted by molar-refractivity contribution is 14.1. The van der Waals surface area contributed by atoms with Gasteiger partial charge in [0, 0.05) is 14.2 Å². The predicted molar refractivity (Wildman–Crippen MR) is 114 cm³/mol. The molecule has 26 heavy (non-hydrogen) atoms. The second kappa shape index (κ2) is 8.88. The molecule has 0 aliphatic rings. The summed E-state index contributed by atoms with van der Waals surface area (Å²) in [5, 5.41) is 11.9. The Morgan fingerprint density at radius 1 is 1.00 bits per heavy atom. The summed E-state index contributed by atoms with van der Waals surface area (Å²) in [5.74, 6) is 0.656. The van der Waals surface area contributed by atoms with Gasteiger partial charge in [0.05, 0.1) is 22.9 Å². The van der Waals surface area contributed by atoms with Crippen molar-refractivity contribution in [3.05, 3.63) is 93.1 Å². The Balaban J connectivity index is 1.72. The zero-order valence-electron chi connectivity index (χ0n) is 13.8.